The smallest absolute Gasteiger partial charge is 0.319 e. The van der Waals surface area contributed by atoms with E-state index in [2.05, 4.69) is 0 Å². The van der Waals surface area contributed by atoms with Crippen molar-refractivity contribution in [1.82, 2.24) is 0 Å². The van der Waals surface area contributed by atoms with Crippen molar-refractivity contribution >= 4 is 23.5 Å². The first kappa shape index (κ1) is 14.6. The maximum Gasteiger partial charge on any atom is 0.319 e. The van der Waals surface area contributed by atoms with E-state index < -0.39 is 11.4 Å². The monoisotopic (exact) mass is 258 g/mol. The van der Waals surface area contributed by atoms with E-state index in [0.29, 0.717) is 17.6 Å². The highest BCUT2D eigenvalue weighted by Crippen LogP contribution is 2.31. The van der Waals surface area contributed by atoms with Gasteiger partial charge in [0, 0.05) is 5.25 Å². The Hall–Kier alpha value is -0.510. The van der Waals surface area contributed by atoms with Crippen LogP contribution in [-0.2, 0) is 14.3 Å². The molecular formula is C13H22O3S. The van der Waals surface area contributed by atoms with Gasteiger partial charge < -0.3 is 4.74 Å². The lowest BCUT2D eigenvalue weighted by atomic mass is 9.89. The summed E-state index contributed by atoms with van der Waals surface area (Å²) in [6, 6.07) is 0. The maximum absolute atomic E-state index is 12.0. The van der Waals surface area contributed by atoms with Crippen LogP contribution in [0.5, 0.6) is 0 Å². The standard InChI is InChI=1S/C13H22O3S/c1-4-16-12(15)13(2,3)11(14)9-17-10-7-5-6-8-10/h10H,4-9H2,1-3H3. The molecular weight excluding hydrogens is 236 g/mol. The van der Waals surface area contributed by atoms with E-state index in [1.165, 1.54) is 25.7 Å². The van der Waals surface area contributed by atoms with Gasteiger partial charge in [-0.05, 0) is 33.6 Å². The lowest BCUT2D eigenvalue weighted by molar-refractivity contribution is -0.157. The van der Waals surface area contributed by atoms with Gasteiger partial charge in [-0.15, -0.1) is 0 Å². The lowest BCUT2D eigenvalue weighted by Gasteiger charge is -2.21. The summed E-state index contributed by atoms with van der Waals surface area (Å²) in [5, 5.41) is 0.608. The first-order chi connectivity index (χ1) is 7.98. The molecule has 1 aliphatic carbocycles. The molecule has 0 atom stereocenters. The molecule has 0 bridgehead atoms. The zero-order chi connectivity index (χ0) is 12.9. The summed E-state index contributed by atoms with van der Waals surface area (Å²) in [4.78, 5) is 23.7. The third-order valence-corrected chi connectivity index (χ3v) is 4.61. The molecule has 1 rings (SSSR count). The van der Waals surface area contributed by atoms with Crippen molar-refractivity contribution in [2.75, 3.05) is 12.4 Å². The molecule has 3 nitrogen and oxygen atoms in total. The summed E-state index contributed by atoms with van der Waals surface area (Å²) in [6.07, 6.45) is 4.95. The van der Waals surface area contributed by atoms with Crippen LogP contribution in [0.3, 0.4) is 0 Å². The summed E-state index contributed by atoms with van der Waals surface area (Å²) in [7, 11) is 0. The molecule has 1 aliphatic rings. The Kier molecular flexibility index (Phi) is 5.50. The molecule has 0 aromatic rings. The number of rotatable bonds is 6. The fraction of sp³-hybridized carbons (Fsp3) is 0.846. The number of hydrogen-bond donors (Lipinski definition) is 0. The van der Waals surface area contributed by atoms with Crippen LogP contribution in [0.4, 0.5) is 0 Å². The number of carbonyl (C=O) groups excluding carboxylic acids is 2. The van der Waals surface area contributed by atoms with E-state index in [1.54, 1.807) is 32.5 Å². The molecule has 1 saturated carbocycles. The van der Waals surface area contributed by atoms with E-state index >= 15 is 0 Å². The van der Waals surface area contributed by atoms with Crippen molar-refractivity contribution in [3.05, 3.63) is 0 Å². The predicted molar refractivity (Wildman–Crippen MR) is 70.1 cm³/mol. The van der Waals surface area contributed by atoms with Crippen molar-refractivity contribution in [2.24, 2.45) is 5.41 Å². The second kappa shape index (κ2) is 6.43. The SMILES string of the molecule is CCOC(=O)C(C)(C)C(=O)CSC1CCCC1. The normalized spacial score (nSPS) is 17.1. The van der Waals surface area contributed by atoms with Gasteiger partial charge in [-0.25, -0.2) is 0 Å². The molecule has 0 aliphatic heterocycles. The van der Waals surface area contributed by atoms with Crippen molar-refractivity contribution in [2.45, 2.75) is 51.7 Å². The average Bonchev–Trinajstić information content (AvgIpc) is 2.78. The van der Waals surface area contributed by atoms with Gasteiger partial charge in [-0.2, -0.15) is 11.8 Å². The Morgan fingerprint density at radius 3 is 2.41 bits per heavy atom. The third kappa shape index (κ3) is 4.02. The highest BCUT2D eigenvalue weighted by Gasteiger charge is 2.37. The van der Waals surface area contributed by atoms with Gasteiger partial charge in [0.25, 0.3) is 0 Å². The Morgan fingerprint density at radius 1 is 1.29 bits per heavy atom. The number of ether oxygens (including phenoxy) is 1. The van der Waals surface area contributed by atoms with Crippen LogP contribution in [-0.4, -0.2) is 29.4 Å². The zero-order valence-corrected chi connectivity index (χ0v) is 11.8. The first-order valence-corrected chi connectivity index (χ1v) is 7.35. The highest BCUT2D eigenvalue weighted by molar-refractivity contribution is 8.00. The van der Waals surface area contributed by atoms with Gasteiger partial charge in [-0.1, -0.05) is 12.8 Å². The van der Waals surface area contributed by atoms with Crippen LogP contribution in [0.25, 0.3) is 0 Å². The largest absolute Gasteiger partial charge is 0.465 e. The first-order valence-electron chi connectivity index (χ1n) is 6.30. The van der Waals surface area contributed by atoms with Crippen LogP contribution in [0.2, 0.25) is 0 Å². The molecule has 4 heteroatoms. The van der Waals surface area contributed by atoms with E-state index in [0.717, 1.165) is 0 Å². The second-order valence-corrected chi connectivity index (χ2v) is 6.27. The number of carbonyl (C=O) groups is 2. The molecule has 0 radical (unpaired) electrons. The fourth-order valence-corrected chi connectivity index (χ4v) is 3.27. The van der Waals surface area contributed by atoms with E-state index in [4.69, 9.17) is 4.74 Å². The topological polar surface area (TPSA) is 43.4 Å². The Balaban J connectivity index is 2.41. The van der Waals surface area contributed by atoms with Crippen molar-refractivity contribution in [1.29, 1.82) is 0 Å². The number of esters is 1. The quantitative estimate of drug-likeness (QED) is 0.543. The molecule has 17 heavy (non-hydrogen) atoms. The molecule has 0 unspecified atom stereocenters. The lowest BCUT2D eigenvalue weighted by Crippen LogP contribution is -2.36. The van der Waals surface area contributed by atoms with Crippen LogP contribution in [0.15, 0.2) is 0 Å². The Labute approximate surface area is 108 Å². The summed E-state index contributed by atoms with van der Waals surface area (Å²) >= 11 is 1.70. The van der Waals surface area contributed by atoms with E-state index in [9.17, 15) is 9.59 Å². The van der Waals surface area contributed by atoms with Crippen molar-refractivity contribution in [3.8, 4) is 0 Å². The van der Waals surface area contributed by atoms with Gasteiger partial charge >= 0.3 is 5.97 Å². The third-order valence-electron chi connectivity index (χ3n) is 3.24. The van der Waals surface area contributed by atoms with Crippen molar-refractivity contribution < 1.29 is 14.3 Å². The fourth-order valence-electron chi connectivity index (χ4n) is 1.85. The summed E-state index contributed by atoms with van der Waals surface area (Å²) in [5.74, 6) is 0.00102. The Morgan fingerprint density at radius 2 is 1.88 bits per heavy atom. The minimum Gasteiger partial charge on any atom is -0.465 e. The summed E-state index contributed by atoms with van der Waals surface area (Å²) in [5.41, 5.74) is -0.998. The van der Waals surface area contributed by atoms with Gasteiger partial charge in [-0.3, -0.25) is 9.59 Å². The molecule has 0 spiro atoms. The number of ketones is 1. The van der Waals surface area contributed by atoms with Crippen LogP contribution < -0.4 is 0 Å². The Bertz CT molecular complexity index is 280. The molecule has 0 amide bonds. The maximum atomic E-state index is 12.0. The van der Waals surface area contributed by atoms with Crippen LogP contribution in [0.1, 0.15) is 46.5 Å². The highest BCUT2D eigenvalue weighted by atomic mass is 32.2. The van der Waals surface area contributed by atoms with Gasteiger partial charge in [0.15, 0.2) is 5.78 Å². The molecule has 0 aromatic heterocycles. The molecule has 0 heterocycles. The predicted octanol–water partition coefficient (Wildman–Crippen LogP) is 2.82. The number of thioether (sulfide) groups is 1. The molecule has 0 N–H and O–H groups in total. The average molecular weight is 258 g/mol. The zero-order valence-electron chi connectivity index (χ0n) is 11.0. The number of hydrogen-bond acceptors (Lipinski definition) is 4. The molecule has 1 fully saturated rings. The van der Waals surface area contributed by atoms with Crippen LogP contribution >= 0.6 is 11.8 Å². The van der Waals surface area contributed by atoms with E-state index in [1.807, 2.05) is 0 Å². The van der Waals surface area contributed by atoms with Gasteiger partial charge in [0.05, 0.1) is 12.4 Å². The minimum absolute atomic E-state index is 0.0205. The van der Waals surface area contributed by atoms with Gasteiger partial charge in [0.1, 0.15) is 5.41 Å². The van der Waals surface area contributed by atoms with Crippen molar-refractivity contribution in [3.63, 3.8) is 0 Å². The molecule has 98 valence electrons. The molecule has 0 aromatic carbocycles. The minimum atomic E-state index is -0.998. The summed E-state index contributed by atoms with van der Waals surface area (Å²) in [6.45, 7) is 5.39. The van der Waals surface area contributed by atoms with Crippen LogP contribution in [0, 0.1) is 5.41 Å². The number of Topliss-reactive ketones (excluding diaryl/α,β-unsaturated/α-hetero) is 1. The second-order valence-electron chi connectivity index (χ2n) is 4.99. The molecule has 0 saturated heterocycles. The van der Waals surface area contributed by atoms with E-state index in [-0.39, 0.29) is 5.78 Å². The summed E-state index contributed by atoms with van der Waals surface area (Å²) < 4.78 is 4.93. The van der Waals surface area contributed by atoms with Gasteiger partial charge in [0.2, 0.25) is 0 Å².